The lowest BCUT2D eigenvalue weighted by atomic mass is 9.96. The van der Waals surface area contributed by atoms with E-state index in [1.165, 1.54) is 17.5 Å². The number of para-hydroxylation sites is 1. The Morgan fingerprint density at radius 1 is 1.16 bits per heavy atom. The average Bonchev–Trinajstić information content (AvgIpc) is 2.53. The molecule has 3 rings (SSSR count). The predicted molar refractivity (Wildman–Crippen MR) is 115 cm³/mol. The highest BCUT2D eigenvalue weighted by Gasteiger charge is 2.20. The number of rotatable bonds is 5. The zero-order chi connectivity index (χ0) is 16.9. The fraction of sp³-hybridized carbons (Fsp3) is 0.350. The lowest BCUT2D eigenvalue weighted by Gasteiger charge is -2.27. The first-order valence-corrected chi connectivity index (χ1v) is 8.50. The van der Waals surface area contributed by atoms with Crippen molar-refractivity contribution in [2.24, 2.45) is 10.7 Å². The summed E-state index contributed by atoms with van der Waals surface area (Å²) in [5, 5.41) is 3.15. The number of nitrogens with one attached hydrogen (secondary N) is 1. The zero-order valence-corrected chi connectivity index (χ0v) is 17.1. The van der Waals surface area contributed by atoms with Gasteiger partial charge in [-0.25, -0.2) is 4.99 Å². The summed E-state index contributed by atoms with van der Waals surface area (Å²) in [5.74, 6) is 1.33. The van der Waals surface area contributed by atoms with E-state index >= 15 is 0 Å². The van der Waals surface area contributed by atoms with Gasteiger partial charge < -0.3 is 15.8 Å². The Labute approximate surface area is 166 Å². The van der Waals surface area contributed by atoms with Gasteiger partial charge in [0, 0.05) is 11.3 Å². The third-order valence-electron chi connectivity index (χ3n) is 4.52. The van der Waals surface area contributed by atoms with Crippen LogP contribution in [0.25, 0.3) is 0 Å². The van der Waals surface area contributed by atoms with Crippen molar-refractivity contribution in [3.05, 3.63) is 59.2 Å². The van der Waals surface area contributed by atoms with Crippen molar-refractivity contribution in [1.29, 1.82) is 0 Å². The van der Waals surface area contributed by atoms with E-state index in [1.807, 2.05) is 30.3 Å². The molecular formula is C20H26IN3O. The molecule has 134 valence electrons. The first kappa shape index (κ1) is 19.6. The van der Waals surface area contributed by atoms with E-state index in [1.54, 1.807) is 0 Å². The number of aryl methyl sites for hydroxylation is 2. The van der Waals surface area contributed by atoms with Crippen LogP contribution >= 0.6 is 24.0 Å². The zero-order valence-electron chi connectivity index (χ0n) is 14.8. The fourth-order valence-electron chi connectivity index (χ4n) is 2.59. The monoisotopic (exact) mass is 451 g/mol. The van der Waals surface area contributed by atoms with Gasteiger partial charge in [0.2, 0.25) is 0 Å². The number of ether oxygens (including phenoxy) is 1. The van der Waals surface area contributed by atoms with E-state index in [-0.39, 0.29) is 24.0 Å². The minimum Gasteiger partial charge on any atom is -0.490 e. The summed E-state index contributed by atoms with van der Waals surface area (Å²) < 4.78 is 6.03. The van der Waals surface area contributed by atoms with E-state index in [2.05, 4.69) is 36.3 Å². The van der Waals surface area contributed by atoms with Crippen molar-refractivity contribution in [3.8, 4) is 5.75 Å². The molecule has 0 heterocycles. The number of hydrogen-bond acceptors (Lipinski definition) is 2. The van der Waals surface area contributed by atoms with E-state index in [0.29, 0.717) is 18.6 Å². The summed E-state index contributed by atoms with van der Waals surface area (Å²) >= 11 is 0. The normalized spacial score (nSPS) is 14.4. The molecule has 1 saturated carbocycles. The molecule has 0 aromatic heterocycles. The number of benzene rings is 2. The second-order valence-corrected chi connectivity index (χ2v) is 6.40. The van der Waals surface area contributed by atoms with Crippen LogP contribution in [-0.4, -0.2) is 12.1 Å². The lowest BCUT2D eigenvalue weighted by Crippen LogP contribution is -2.25. The van der Waals surface area contributed by atoms with Crippen LogP contribution in [0.15, 0.2) is 47.5 Å². The van der Waals surface area contributed by atoms with Gasteiger partial charge in [-0.3, -0.25) is 0 Å². The van der Waals surface area contributed by atoms with Gasteiger partial charge in [-0.05, 0) is 62.4 Å². The van der Waals surface area contributed by atoms with Gasteiger partial charge in [-0.1, -0.05) is 24.3 Å². The number of aliphatic imine (C=N–C) groups is 1. The second-order valence-electron chi connectivity index (χ2n) is 6.40. The molecular weight excluding hydrogens is 425 g/mol. The van der Waals surface area contributed by atoms with Crippen LogP contribution in [0.5, 0.6) is 5.75 Å². The largest absolute Gasteiger partial charge is 0.490 e. The number of halogens is 1. The third kappa shape index (κ3) is 5.36. The number of hydrogen-bond donors (Lipinski definition) is 2. The number of nitrogens with two attached hydrogens (primary N) is 1. The third-order valence-corrected chi connectivity index (χ3v) is 4.52. The van der Waals surface area contributed by atoms with E-state index in [4.69, 9.17) is 10.5 Å². The Hall–Kier alpha value is -1.76. The maximum absolute atomic E-state index is 6.03. The van der Waals surface area contributed by atoms with Gasteiger partial charge in [0.15, 0.2) is 5.96 Å². The van der Waals surface area contributed by atoms with Crippen molar-refractivity contribution in [2.75, 3.05) is 5.32 Å². The predicted octanol–water partition coefficient (Wildman–Crippen LogP) is 4.78. The van der Waals surface area contributed by atoms with Gasteiger partial charge >= 0.3 is 0 Å². The van der Waals surface area contributed by atoms with Crippen LogP contribution in [0.1, 0.15) is 36.0 Å². The van der Waals surface area contributed by atoms with Gasteiger partial charge in [0.25, 0.3) is 0 Å². The summed E-state index contributed by atoms with van der Waals surface area (Å²) in [4.78, 5) is 4.46. The van der Waals surface area contributed by atoms with E-state index in [9.17, 15) is 0 Å². The van der Waals surface area contributed by atoms with Crippen LogP contribution in [0, 0.1) is 13.8 Å². The Morgan fingerprint density at radius 2 is 1.92 bits per heavy atom. The molecule has 0 bridgehead atoms. The van der Waals surface area contributed by atoms with Gasteiger partial charge in [0.05, 0.1) is 12.6 Å². The van der Waals surface area contributed by atoms with Crippen LogP contribution in [0.3, 0.4) is 0 Å². The summed E-state index contributed by atoms with van der Waals surface area (Å²) in [6.45, 7) is 4.68. The lowest BCUT2D eigenvalue weighted by molar-refractivity contribution is 0.119. The number of anilines is 1. The number of guanidine groups is 1. The molecule has 0 aliphatic heterocycles. The molecule has 0 radical (unpaired) electrons. The van der Waals surface area contributed by atoms with Gasteiger partial charge in [-0.2, -0.15) is 0 Å². The molecule has 1 aliphatic rings. The SMILES string of the molecule is Cc1ccc(NC(N)=NCc2ccccc2OC2CCC2)cc1C.I. The van der Waals surface area contributed by atoms with Crippen molar-refractivity contribution < 1.29 is 4.74 Å². The highest BCUT2D eigenvalue weighted by atomic mass is 127. The van der Waals surface area contributed by atoms with Crippen molar-refractivity contribution in [3.63, 3.8) is 0 Å². The Bertz CT molecular complexity index is 741. The molecule has 0 amide bonds. The summed E-state index contributed by atoms with van der Waals surface area (Å²) in [7, 11) is 0. The van der Waals surface area contributed by atoms with Gasteiger partial charge in [0.1, 0.15) is 5.75 Å². The first-order chi connectivity index (χ1) is 11.6. The quantitative estimate of drug-likeness (QED) is 0.391. The molecule has 25 heavy (non-hydrogen) atoms. The fourth-order valence-corrected chi connectivity index (χ4v) is 2.59. The molecule has 0 spiro atoms. The smallest absolute Gasteiger partial charge is 0.193 e. The highest BCUT2D eigenvalue weighted by Crippen LogP contribution is 2.27. The minimum atomic E-state index is 0. The maximum atomic E-state index is 6.03. The molecule has 1 fully saturated rings. The Morgan fingerprint density at radius 3 is 2.60 bits per heavy atom. The maximum Gasteiger partial charge on any atom is 0.193 e. The first-order valence-electron chi connectivity index (χ1n) is 8.50. The molecule has 3 N–H and O–H groups in total. The number of nitrogens with zero attached hydrogens (tertiary/aromatic N) is 1. The molecule has 5 heteroatoms. The molecule has 0 saturated heterocycles. The molecule has 4 nitrogen and oxygen atoms in total. The Kier molecular flexibility index (Phi) is 7.11. The van der Waals surface area contributed by atoms with Crippen molar-refractivity contribution in [2.45, 2.75) is 45.8 Å². The topological polar surface area (TPSA) is 59.6 Å². The van der Waals surface area contributed by atoms with Crippen LogP contribution < -0.4 is 15.8 Å². The van der Waals surface area contributed by atoms with Crippen LogP contribution in [0.2, 0.25) is 0 Å². The molecule has 0 atom stereocenters. The van der Waals surface area contributed by atoms with E-state index < -0.39 is 0 Å². The highest BCUT2D eigenvalue weighted by molar-refractivity contribution is 14.0. The van der Waals surface area contributed by atoms with Gasteiger partial charge in [-0.15, -0.1) is 24.0 Å². The summed E-state index contributed by atoms with van der Waals surface area (Å²) in [6.07, 6.45) is 3.92. The molecule has 2 aromatic carbocycles. The van der Waals surface area contributed by atoms with Crippen molar-refractivity contribution in [1.82, 2.24) is 0 Å². The second kappa shape index (κ2) is 9.08. The Balaban J connectivity index is 0.00000225. The van der Waals surface area contributed by atoms with Crippen molar-refractivity contribution >= 4 is 35.6 Å². The standard InChI is InChI=1S/C20H25N3O.HI/c1-14-10-11-17(12-15(14)2)23-20(21)22-13-16-6-3-4-9-19(16)24-18-7-5-8-18;/h3-4,6,9-12,18H,5,7-8,13H2,1-2H3,(H3,21,22,23);1H. The average molecular weight is 451 g/mol. The van der Waals surface area contributed by atoms with Crippen LogP contribution in [0.4, 0.5) is 5.69 Å². The molecule has 0 unspecified atom stereocenters. The molecule has 2 aromatic rings. The molecule has 1 aliphatic carbocycles. The summed E-state index contributed by atoms with van der Waals surface area (Å²) in [5.41, 5.74) is 10.5. The minimum absolute atomic E-state index is 0. The van der Waals surface area contributed by atoms with Crippen LogP contribution in [-0.2, 0) is 6.54 Å². The van der Waals surface area contributed by atoms with E-state index in [0.717, 1.165) is 29.8 Å². The summed E-state index contributed by atoms with van der Waals surface area (Å²) in [6, 6.07) is 14.2.